The molecule has 0 aliphatic heterocycles. The van der Waals surface area contributed by atoms with Gasteiger partial charge in [0.15, 0.2) is 51.4 Å². The van der Waals surface area contributed by atoms with Gasteiger partial charge >= 0.3 is 20.4 Å². The van der Waals surface area contributed by atoms with E-state index >= 15 is 0 Å². The fourth-order valence-electron chi connectivity index (χ4n) is 6.78. The van der Waals surface area contributed by atoms with Gasteiger partial charge in [0.1, 0.15) is 6.61 Å². The maximum Gasteiger partial charge on any atom is 0.322 e. The van der Waals surface area contributed by atoms with Crippen LogP contribution in [0.2, 0.25) is 5.15 Å². The highest BCUT2D eigenvalue weighted by Crippen LogP contribution is 2.42. The molecule has 0 aliphatic carbocycles. The zero-order valence-corrected chi connectivity index (χ0v) is 43.9. The molecule has 0 spiro atoms. The quantitative estimate of drug-likeness (QED) is 0.0386. The average Bonchev–Trinajstić information content (AvgIpc) is 3.40. The van der Waals surface area contributed by atoms with Crippen molar-refractivity contribution in [1.29, 1.82) is 0 Å². The van der Waals surface area contributed by atoms with E-state index in [0.717, 1.165) is 11.1 Å². The van der Waals surface area contributed by atoms with E-state index in [2.05, 4.69) is 83.1 Å². The van der Waals surface area contributed by atoms with E-state index in [4.69, 9.17) is 35.3 Å². The maximum absolute atomic E-state index is 13.3. The standard InChI is InChI=1S/C28H29N5O5S.C25H24ClN5O4S/c1-5-18-37-28-25(38-24-9-7-6-8-23(24)36-4)27(30-26(31-28)21-14-16-29-17-15-21)33-39(34,35)32-22-12-10-20(11-13-22)19(2)3;1-16(2)17-8-10-19(11-9-17)30-36(32,33)31-25-22(35-21-7-5-4-6-20(21)34-3)23(26)28-24(29-25)18-12-14-27-15-13-18/h5-17,19,32H,1,18H2,2-4H3,(H,30,31,33);4-16,30H,1-3H3,(H,28,29,31). The number of para-hydroxylation sites is 4. The molecule has 388 valence electrons. The molecule has 0 atom stereocenters. The number of hydrogen-bond donors (Lipinski definition) is 4. The van der Waals surface area contributed by atoms with Gasteiger partial charge < -0.3 is 23.7 Å². The molecule has 19 nitrogen and oxygen atoms in total. The highest BCUT2D eigenvalue weighted by atomic mass is 35.5. The van der Waals surface area contributed by atoms with Gasteiger partial charge in [0.25, 0.3) is 5.88 Å². The van der Waals surface area contributed by atoms with Crippen LogP contribution in [0.1, 0.15) is 50.7 Å². The first-order valence-corrected chi connectivity index (χ1v) is 26.4. The number of pyridine rings is 2. The van der Waals surface area contributed by atoms with E-state index in [1.165, 1.54) is 20.3 Å². The van der Waals surface area contributed by atoms with Crippen molar-refractivity contribution in [2.24, 2.45) is 0 Å². The Morgan fingerprint density at radius 3 is 1.35 bits per heavy atom. The van der Waals surface area contributed by atoms with Crippen LogP contribution in [0.5, 0.6) is 40.4 Å². The summed E-state index contributed by atoms with van der Waals surface area (Å²) >= 11 is 6.48. The van der Waals surface area contributed by atoms with Gasteiger partial charge in [-0.2, -0.15) is 21.8 Å². The van der Waals surface area contributed by atoms with Gasteiger partial charge in [-0.1, -0.05) is 100 Å². The molecule has 4 aromatic heterocycles. The third kappa shape index (κ3) is 14.8. The number of hydrogen-bond acceptors (Lipinski definition) is 15. The summed E-state index contributed by atoms with van der Waals surface area (Å²) < 4.78 is 91.1. The van der Waals surface area contributed by atoms with Crippen molar-refractivity contribution in [3.05, 3.63) is 175 Å². The van der Waals surface area contributed by atoms with Crippen molar-refractivity contribution in [1.82, 2.24) is 29.9 Å². The lowest BCUT2D eigenvalue weighted by molar-refractivity contribution is 0.320. The van der Waals surface area contributed by atoms with E-state index in [9.17, 15) is 16.8 Å². The van der Waals surface area contributed by atoms with Crippen LogP contribution in [-0.2, 0) is 20.4 Å². The molecule has 0 bridgehead atoms. The van der Waals surface area contributed by atoms with E-state index < -0.39 is 20.4 Å². The first-order chi connectivity index (χ1) is 36.0. The van der Waals surface area contributed by atoms with Crippen molar-refractivity contribution >= 4 is 55.0 Å². The molecule has 8 rings (SSSR count). The monoisotopic (exact) mass is 1070 g/mol. The third-order valence-electron chi connectivity index (χ3n) is 10.6. The smallest absolute Gasteiger partial charge is 0.322 e. The molecule has 8 aromatic rings. The molecule has 0 unspecified atom stereocenters. The van der Waals surface area contributed by atoms with Crippen LogP contribution in [-0.4, -0.2) is 67.6 Å². The van der Waals surface area contributed by atoms with Crippen molar-refractivity contribution in [2.75, 3.05) is 39.7 Å². The number of aromatic nitrogens is 6. The summed E-state index contributed by atoms with van der Waals surface area (Å²) in [5.74, 6) is 2.03. The van der Waals surface area contributed by atoms with Crippen molar-refractivity contribution in [2.45, 2.75) is 39.5 Å². The second kappa shape index (κ2) is 24.9. The number of nitrogens with one attached hydrogen (secondary N) is 4. The molecule has 75 heavy (non-hydrogen) atoms. The Morgan fingerprint density at radius 2 is 0.933 bits per heavy atom. The van der Waals surface area contributed by atoms with Gasteiger partial charge in [0, 0.05) is 35.9 Å². The molecule has 0 aliphatic rings. The van der Waals surface area contributed by atoms with Gasteiger partial charge in [-0.15, -0.1) is 0 Å². The molecule has 0 radical (unpaired) electrons. The van der Waals surface area contributed by atoms with Gasteiger partial charge in [-0.3, -0.25) is 19.4 Å². The number of ether oxygens (including phenoxy) is 5. The van der Waals surface area contributed by atoms with Crippen LogP contribution in [0.25, 0.3) is 22.8 Å². The summed E-state index contributed by atoms with van der Waals surface area (Å²) in [6.45, 7) is 12.0. The minimum Gasteiger partial charge on any atom is -0.493 e. The Bertz CT molecular complexity index is 3440. The lowest BCUT2D eigenvalue weighted by Gasteiger charge is -2.18. The van der Waals surface area contributed by atoms with E-state index in [1.807, 2.05) is 24.3 Å². The number of nitrogens with zero attached hydrogens (tertiary/aromatic N) is 6. The summed E-state index contributed by atoms with van der Waals surface area (Å²) in [7, 11) is -5.33. The third-order valence-corrected chi connectivity index (χ3v) is 12.7. The highest BCUT2D eigenvalue weighted by molar-refractivity contribution is 7.94. The van der Waals surface area contributed by atoms with E-state index in [-0.39, 0.29) is 52.4 Å². The first-order valence-electron chi connectivity index (χ1n) is 23.0. The van der Waals surface area contributed by atoms with Gasteiger partial charge in [-0.25, -0.2) is 24.4 Å². The predicted molar refractivity (Wildman–Crippen MR) is 291 cm³/mol. The summed E-state index contributed by atoms with van der Waals surface area (Å²) in [5.41, 5.74) is 4.12. The number of anilines is 4. The Kier molecular flexibility index (Phi) is 18.0. The Balaban J connectivity index is 0.000000219. The number of methoxy groups -OCH3 is 2. The van der Waals surface area contributed by atoms with Gasteiger partial charge in [0.05, 0.1) is 25.6 Å². The molecule has 4 aromatic carbocycles. The Labute approximate surface area is 440 Å². The Morgan fingerprint density at radius 1 is 0.533 bits per heavy atom. The predicted octanol–water partition coefficient (Wildman–Crippen LogP) is 11.7. The summed E-state index contributed by atoms with van der Waals surface area (Å²) in [5, 5.41) is -0.0956. The first kappa shape index (κ1) is 54.2. The van der Waals surface area contributed by atoms with Gasteiger partial charge in [0.2, 0.25) is 11.5 Å². The van der Waals surface area contributed by atoms with Crippen LogP contribution in [0.3, 0.4) is 0 Å². The molecule has 22 heteroatoms. The van der Waals surface area contributed by atoms with Crippen LogP contribution >= 0.6 is 11.6 Å². The number of benzene rings is 4. The summed E-state index contributed by atoms with van der Waals surface area (Å²) in [6, 6.07) is 34.7. The van der Waals surface area contributed by atoms with Crippen LogP contribution in [0.4, 0.5) is 23.0 Å². The Hall–Kier alpha value is -8.53. The summed E-state index contributed by atoms with van der Waals surface area (Å²) in [6.07, 6.45) is 7.83. The molecule has 0 saturated carbocycles. The second-order valence-electron chi connectivity index (χ2n) is 16.6. The van der Waals surface area contributed by atoms with E-state index in [0.29, 0.717) is 57.3 Å². The molecular formula is C53H53ClN10O9S2. The zero-order valence-electron chi connectivity index (χ0n) is 41.6. The molecule has 4 N–H and O–H groups in total. The summed E-state index contributed by atoms with van der Waals surface area (Å²) in [4.78, 5) is 25.7. The van der Waals surface area contributed by atoms with Gasteiger partial charge in [-0.05, 0) is 95.8 Å². The fourth-order valence-corrected chi connectivity index (χ4v) is 8.77. The lowest BCUT2D eigenvalue weighted by Crippen LogP contribution is -2.23. The maximum atomic E-state index is 13.3. The van der Waals surface area contributed by atoms with Crippen molar-refractivity contribution < 1.29 is 40.5 Å². The molecule has 4 heterocycles. The number of halogens is 1. The van der Waals surface area contributed by atoms with Crippen LogP contribution in [0, 0.1) is 0 Å². The van der Waals surface area contributed by atoms with Crippen LogP contribution < -0.4 is 42.6 Å². The molecule has 0 amide bonds. The molecular weight excluding hydrogens is 1020 g/mol. The minimum absolute atomic E-state index is 0.00149. The highest BCUT2D eigenvalue weighted by Gasteiger charge is 2.26. The van der Waals surface area contributed by atoms with E-state index in [1.54, 1.807) is 122 Å². The normalized spacial score (nSPS) is 11.2. The van der Waals surface area contributed by atoms with Crippen molar-refractivity contribution in [3.8, 4) is 63.2 Å². The average molecular weight is 1070 g/mol. The topological polar surface area (TPSA) is 240 Å². The molecule has 0 fully saturated rings. The second-order valence-corrected chi connectivity index (χ2v) is 19.8. The largest absolute Gasteiger partial charge is 0.493 e. The van der Waals surface area contributed by atoms with Crippen molar-refractivity contribution in [3.63, 3.8) is 0 Å². The SMILES string of the molecule is C=CCOc1nc(-c2ccncc2)nc(NS(=O)(=O)Nc2ccc(C(C)C)cc2)c1Oc1ccccc1OC.COc1ccccc1Oc1c(Cl)nc(-c2ccncc2)nc1NS(=O)(=O)Nc1ccc(C(C)C)cc1. The molecule has 0 saturated heterocycles. The zero-order chi connectivity index (χ0) is 53.5. The number of rotatable bonds is 21. The fraction of sp³-hybridized carbons (Fsp3) is 0.170. The van der Waals surface area contributed by atoms with Crippen LogP contribution in [0.15, 0.2) is 159 Å². The minimum atomic E-state index is -4.18. The lowest BCUT2D eigenvalue weighted by atomic mass is 10.0.